The molecule has 2 heteroatoms. The van der Waals surface area contributed by atoms with E-state index in [1.807, 2.05) is 0 Å². The lowest BCUT2D eigenvalue weighted by molar-refractivity contribution is 0.0802. The largest absolute Gasteiger partial charge is 0.311 e. The molecule has 0 aromatic carbocycles. The van der Waals surface area contributed by atoms with E-state index in [1.54, 1.807) is 0 Å². The van der Waals surface area contributed by atoms with Crippen LogP contribution in [0.4, 0.5) is 0 Å². The summed E-state index contributed by atoms with van der Waals surface area (Å²) in [7, 11) is 0. The minimum atomic E-state index is 0.727. The van der Waals surface area contributed by atoms with Crippen molar-refractivity contribution in [2.75, 3.05) is 13.1 Å². The average molecular weight is 210 g/mol. The molecule has 1 aliphatic carbocycles. The van der Waals surface area contributed by atoms with Crippen LogP contribution >= 0.6 is 0 Å². The molecule has 2 aliphatic rings. The van der Waals surface area contributed by atoms with Gasteiger partial charge in [0, 0.05) is 31.2 Å². The van der Waals surface area contributed by atoms with Crippen LogP contribution in [0, 0.1) is 5.92 Å². The number of nitrogens with one attached hydrogen (secondary N) is 1. The third-order valence-corrected chi connectivity index (χ3v) is 4.25. The molecule has 2 atom stereocenters. The van der Waals surface area contributed by atoms with E-state index in [1.165, 1.54) is 38.8 Å². The van der Waals surface area contributed by atoms with Crippen LogP contribution in [0.15, 0.2) is 0 Å². The highest BCUT2D eigenvalue weighted by Gasteiger charge is 2.37. The summed E-state index contributed by atoms with van der Waals surface area (Å²) in [4.78, 5) is 2.75. The fourth-order valence-corrected chi connectivity index (χ4v) is 2.99. The maximum absolute atomic E-state index is 3.72. The molecule has 0 aromatic rings. The minimum Gasteiger partial charge on any atom is -0.311 e. The number of hydrogen-bond acceptors (Lipinski definition) is 2. The number of piperazine rings is 1. The van der Waals surface area contributed by atoms with Gasteiger partial charge in [-0.15, -0.1) is 0 Å². The van der Waals surface area contributed by atoms with Crippen LogP contribution in [0.1, 0.15) is 46.5 Å². The van der Waals surface area contributed by atoms with Crippen molar-refractivity contribution in [1.82, 2.24) is 10.2 Å². The predicted octanol–water partition coefficient (Wildman–Crippen LogP) is 2.25. The Balaban J connectivity index is 1.94. The van der Waals surface area contributed by atoms with Crippen molar-refractivity contribution in [1.29, 1.82) is 0 Å². The van der Waals surface area contributed by atoms with Gasteiger partial charge in [-0.25, -0.2) is 0 Å². The summed E-state index contributed by atoms with van der Waals surface area (Å²) in [5.41, 5.74) is 0. The van der Waals surface area contributed by atoms with Crippen LogP contribution in [0.5, 0.6) is 0 Å². The molecule has 0 radical (unpaired) electrons. The Bertz CT molecular complexity index is 197. The first-order valence-electron chi connectivity index (χ1n) is 6.75. The Morgan fingerprint density at radius 2 is 1.93 bits per heavy atom. The second-order valence-electron chi connectivity index (χ2n) is 5.37. The smallest absolute Gasteiger partial charge is 0.0224 e. The van der Waals surface area contributed by atoms with Gasteiger partial charge in [0.2, 0.25) is 0 Å². The number of nitrogens with zero attached hydrogens (tertiary/aromatic N) is 1. The quantitative estimate of drug-likeness (QED) is 0.765. The van der Waals surface area contributed by atoms with Gasteiger partial charge in [0.1, 0.15) is 0 Å². The van der Waals surface area contributed by atoms with E-state index in [4.69, 9.17) is 0 Å². The van der Waals surface area contributed by atoms with Crippen molar-refractivity contribution >= 4 is 0 Å². The lowest BCUT2D eigenvalue weighted by Gasteiger charge is -2.43. The Morgan fingerprint density at radius 1 is 1.27 bits per heavy atom. The summed E-state index contributed by atoms with van der Waals surface area (Å²) in [6, 6.07) is 2.33. The molecule has 88 valence electrons. The van der Waals surface area contributed by atoms with E-state index in [0.29, 0.717) is 0 Å². The highest BCUT2D eigenvalue weighted by atomic mass is 15.3. The molecule has 1 saturated heterocycles. The van der Waals surface area contributed by atoms with E-state index in [2.05, 4.69) is 31.0 Å². The average Bonchev–Trinajstić information content (AvgIpc) is 3.06. The number of hydrogen-bond donors (Lipinski definition) is 1. The maximum atomic E-state index is 3.72. The van der Waals surface area contributed by atoms with Crippen LogP contribution in [0.25, 0.3) is 0 Å². The Hall–Kier alpha value is -0.0800. The molecule has 1 N–H and O–H groups in total. The van der Waals surface area contributed by atoms with Crippen molar-refractivity contribution in [3.8, 4) is 0 Å². The molecule has 0 bridgehead atoms. The fraction of sp³-hybridized carbons (Fsp3) is 1.00. The Kier molecular flexibility index (Phi) is 3.68. The molecule has 2 nitrogen and oxygen atoms in total. The second-order valence-corrected chi connectivity index (χ2v) is 5.37. The monoisotopic (exact) mass is 210 g/mol. The van der Waals surface area contributed by atoms with Crippen molar-refractivity contribution in [2.45, 2.75) is 64.6 Å². The lowest BCUT2D eigenvalue weighted by atomic mass is 10.0. The molecule has 1 aliphatic heterocycles. The van der Waals surface area contributed by atoms with Gasteiger partial charge >= 0.3 is 0 Å². The predicted molar refractivity (Wildman–Crippen MR) is 65.1 cm³/mol. The molecule has 2 unspecified atom stereocenters. The summed E-state index contributed by atoms with van der Waals surface area (Å²) >= 11 is 0. The lowest BCUT2D eigenvalue weighted by Crippen LogP contribution is -2.58. The van der Waals surface area contributed by atoms with Gasteiger partial charge in [-0.2, -0.15) is 0 Å². The summed E-state index contributed by atoms with van der Waals surface area (Å²) in [6.45, 7) is 9.51. The van der Waals surface area contributed by atoms with Gasteiger partial charge in [-0.3, -0.25) is 4.90 Å². The van der Waals surface area contributed by atoms with E-state index < -0.39 is 0 Å². The SMILES string of the molecule is CCC(CC)N1CC(C2CC2)NCC1C. The Morgan fingerprint density at radius 3 is 2.47 bits per heavy atom. The van der Waals surface area contributed by atoms with Crippen molar-refractivity contribution in [3.63, 3.8) is 0 Å². The van der Waals surface area contributed by atoms with Crippen LogP contribution in [-0.4, -0.2) is 36.1 Å². The molecule has 0 spiro atoms. The van der Waals surface area contributed by atoms with Gasteiger partial charge in [0.15, 0.2) is 0 Å². The molecule has 15 heavy (non-hydrogen) atoms. The molecule has 0 aromatic heterocycles. The third kappa shape index (κ3) is 2.54. The fourth-order valence-electron chi connectivity index (χ4n) is 2.99. The third-order valence-electron chi connectivity index (χ3n) is 4.25. The van der Waals surface area contributed by atoms with Crippen molar-refractivity contribution in [3.05, 3.63) is 0 Å². The zero-order valence-electron chi connectivity index (χ0n) is 10.5. The number of rotatable bonds is 4. The van der Waals surface area contributed by atoms with Crippen LogP contribution in [0.3, 0.4) is 0 Å². The topological polar surface area (TPSA) is 15.3 Å². The molecule has 2 rings (SSSR count). The molecular formula is C13H26N2. The molecule has 2 fully saturated rings. The standard InChI is InChI=1S/C13H26N2/c1-4-12(5-2)15-9-13(11-6-7-11)14-8-10(15)3/h10-14H,4-9H2,1-3H3. The van der Waals surface area contributed by atoms with Gasteiger partial charge in [-0.1, -0.05) is 13.8 Å². The normalized spacial score (nSPS) is 33.6. The van der Waals surface area contributed by atoms with Crippen molar-refractivity contribution < 1.29 is 0 Å². The van der Waals surface area contributed by atoms with Gasteiger partial charge in [0.05, 0.1) is 0 Å². The Labute approximate surface area is 94.4 Å². The van der Waals surface area contributed by atoms with Gasteiger partial charge in [-0.05, 0) is 38.5 Å². The first-order valence-corrected chi connectivity index (χ1v) is 6.75. The highest BCUT2D eigenvalue weighted by Crippen LogP contribution is 2.34. The zero-order chi connectivity index (χ0) is 10.8. The van der Waals surface area contributed by atoms with Crippen LogP contribution < -0.4 is 5.32 Å². The highest BCUT2D eigenvalue weighted by molar-refractivity contribution is 4.94. The second kappa shape index (κ2) is 4.84. The van der Waals surface area contributed by atoms with Gasteiger partial charge < -0.3 is 5.32 Å². The van der Waals surface area contributed by atoms with E-state index in [-0.39, 0.29) is 0 Å². The van der Waals surface area contributed by atoms with Gasteiger partial charge in [0.25, 0.3) is 0 Å². The van der Waals surface area contributed by atoms with Crippen molar-refractivity contribution in [2.24, 2.45) is 5.92 Å². The van der Waals surface area contributed by atoms with E-state index >= 15 is 0 Å². The van der Waals surface area contributed by atoms with Crippen LogP contribution in [-0.2, 0) is 0 Å². The summed E-state index contributed by atoms with van der Waals surface area (Å²) in [5.74, 6) is 0.995. The maximum Gasteiger partial charge on any atom is 0.0224 e. The first kappa shape index (κ1) is 11.4. The minimum absolute atomic E-state index is 0.727. The van der Waals surface area contributed by atoms with E-state index in [0.717, 1.165) is 24.0 Å². The first-order chi connectivity index (χ1) is 7.26. The summed E-state index contributed by atoms with van der Waals surface area (Å²) < 4.78 is 0. The molecular weight excluding hydrogens is 184 g/mol. The molecule has 0 amide bonds. The molecule has 1 heterocycles. The summed E-state index contributed by atoms with van der Waals surface area (Å²) in [5, 5.41) is 3.72. The zero-order valence-corrected chi connectivity index (χ0v) is 10.5. The van der Waals surface area contributed by atoms with E-state index in [9.17, 15) is 0 Å². The van der Waals surface area contributed by atoms with Crippen LogP contribution in [0.2, 0.25) is 0 Å². The molecule has 1 saturated carbocycles. The summed E-state index contributed by atoms with van der Waals surface area (Å²) in [6.07, 6.45) is 5.53.